The Hall–Kier alpha value is -1.99. The fourth-order valence-corrected chi connectivity index (χ4v) is 6.16. The summed E-state index contributed by atoms with van der Waals surface area (Å²) >= 11 is 11.8. The van der Waals surface area contributed by atoms with E-state index in [4.69, 9.17) is 27.9 Å². The number of nitrogens with one attached hydrogen (secondary N) is 3. The van der Waals surface area contributed by atoms with E-state index in [1.807, 2.05) is 0 Å². The van der Waals surface area contributed by atoms with Crippen LogP contribution in [0.1, 0.15) is 38.5 Å². The summed E-state index contributed by atoms with van der Waals surface area (Å²) in [5.41, 5.74) is 4.24. The van der Waals surface area contributed by atoms with Crippen LogP contribution >= 0.6 is 23.2 Å². The van der Waals surface area contributed by atoms with Gasteiger partial charge in [-0.05, 0) is 74.5 Å². The quantitative estimate of drug-likeness (QED) is 0.576. The molecule has 4 aliphatic rings. The Morgan fingerprint density at radius 1 is 0.967 bits per heavy atom. The standard InChI is InChI=1S/C21H25Cl2N3O4/c22-15-1-2-17(16(23)6-15)30-11-19(28)26-25-18(27)10-24-20(29)21-7-12-3-13(8-21)5-14(4-12)9-21/h1-2,6,12-14H,3-5,7-11H2,(H,24,29)(H,25,27)(H,26,28). The van der Waals surface area contributed by atoms with E-state index in [2.05, 4.69) is 16.2 Å². The molecule has 0 radical (unpaired) electrons. The maximum absolute atomic E-state index is 12.8. The van der Waals surface area contributed by atoms with Crippen molar-refractivity contribution in [1.29, 1.82) is 0 Å². The SMILES string of the molecule is O=C(CNC(=O)C12CC3CC(CC(C3)C1)C2)NNC(=O)COc1ccc(Cl)cc1Cl. The second kappa shape index (κ2) is 8.63. The summed E-state index contributed by atoms with van der Waals surface area (Å²) in [5, 5.41) is 3.51. The lowest BCUT2D eigenvalue weighted by Crippen LogP contribution is -2.55. The molecule has 0 aromatic heterocycles. The molecule has 0 saturated heterocycles. The summed E-state index contributed by atoms with van der Waals surface area (Å²) in [7, 11) is 0. The molecule has 9 heteroatoms. The molecule has 0 spiro atoms. The van der Waals surface area contributed by atoms with Gasteiger partial charge in [0.1, 0.15) is 5.75 Å². The molecule has 30 heavy (non-hydrogen) atoms. The molecule has 162 valence electrons. The Labute approximate surface area is 185 Å². The van der Waals surface area contributed by atoms with Crippen molar-refractivity contribution >= 4 is 40.9 Å². The monoisotopic (exact) mass is 453 g/mol. The molecule has 4 fully saturated rings. The molecule has 1 aromatic carbocycles. The average Bonchev–Trinajstić information content (AvgIpc) is 2.68. The van der Waals surface area contributed by atoms with Crippen molar-refractivity contribution < 1.29 is 19.1 Å². The minimum absolute atomic E-state index is 0.0243. The molecule has 5 rings (SSSR count). The first-order chi connectivity index (χ1) is 14.3. The summed E-state index contributed by atoms with van der Waals surface area (Å²) in [4.78, 5) is 36.7. The molecule has 4 saturated carbocycles. The van der Waals surface area contributed by atoms with E-state index in [1.54, 1.807) is 12.1 Å². The number of ether oxygens (including phenoxy) is 1. The maximum atomic E-state index is 12.8. The van der Waals surface area contributed by atoms with Gasteiger partial charge in [0.05, 0.1) is 11.6 Å². The highest BCUT2D eigenvalue weighted by atomic mass is 35.5. The smallest absolute Gasteiger partial charge is 0.276 e. The molecule has 1 aromatic rings. The molecule has 3 amide bonds. The van der Waals surface area contributed by atoms with Gasteiger partial charge in [0, 0.05) is 10.4 Å². The zero-order valence-electron chi connectivity index (χ0n) is 16.5. The summed E-state index contributed by atoms with van der Waals surface area (Å²) in [6.45, 7) is -0.508. The van der Waals surface area contributed by atoms with E-state index in [0.29, 0.717) is 28.5 Å². The van der Waals surface area contributed by atoms with Crippen LogP contribution in [0.4, 0.5) is 0 Å². The van der Waals surface area contributed by atoms with Crippen molar-refractivity contribution in [3.63, 3.8) is 0 Å². The van der Waals surface area contributed by atoms with Gasteiger partial charge in [-0.3, -0.25) is 25.2 Å². The number of carbonyl (C=O) groups is 3. The van der Waals surface area contributed by atoms with Crippen LogP contribution in [0.5, 0.6) is 5.75 Å². The number of hydrazine groups is 1. The van der Waals surface area contributed by atoms with Crippen LogP contribution < -0.4 is 20.9 Å². The molecular weight excluding hydrogens is 429 g/mol. The predicted octanol–water partition coefficient (Wildman–Crippen LogP) is 2.85. The van der Waals surface area contributed by atoms with E-state index < -0.39 is 11.8 Å². The van der Waals surface area contributed by atoms with Crippen LogP contribution in [0.2, 0.25) is 10.0 Å². The number of hydrogen-bond donors (Lipinski definition) is 3. The van der Waals surface area contributed by atoms with Crippen LogP contribution in [-0.4, -0.2) is 30.9 Å². The van der Waals surface area contributed by atoms with Gasteiger partial charge in [-0.1, -0.05) is 23.2 Å². The van der Waals surface area contributed by atoms with Gasteiger partial charge < -0.3 is 10.1 Å². The Bertz CT molecular complexity index is 825. The molecular formula is C21H25Cl2N3O4. The Morgan fingerprint density at radius 2 is 1.57 bits per heavy atom. The molecule has 0 atom stereocenters. The van der Waals surface area contributed by atoms with Crippen LogP contribution in [0.15, 0.2) is 18.2 Å². The zero-order valence-corrected chi connectivity index (χ0v) is 18.0. The highest BCUT2D eigenvalue weighted by Gasteiger charge is 2.54. The van der Waals surface area contributed by atoms with Crippen LogP contribution in [0.25, 0.3) is 0 Å². The van der Waals surface area contributed by atoms with E-state index in [-0.39, 0.29) is 29.5 Å². The van der Waals surface area contributed by atoms with Gasteiger partial charge in [-0.25, -0.2) is 0 Å². The molecule has 3 N–H and O–H groups in total. The topological polar surface area (TPSA) is 96.5 Å². The molecule has 0 aliphatic heterocycles. The first-order valence-corrected chi connectivity index (χ1v) is 11.0. The second-order valence-electron chi connectivity index (χ2n) is 8.84. The summed E-state index contributed by atoms with van der Waals surface area (Å²) in [5.74, 6) is 1.21. The Balaban J connectivity index is 1.18. The molecule has 4 aliphatic carbocycles. The number of benzene rings is 1. The molecule has 0 heterocycles. The number of rotatable bonds is 6. The highest BCUT2D eigenvalue weighted by molar-refractivity contribution is 6.35. The van der Waals surface area contributed by atoms with Gasteiger partial charge in [0.15, 0.2) is 6.61 Å². The lowest BCUT2D eigenvalue weighted by Gasteiger charge is -2.55. The van der Waals surface area contributed by atoms with Crippen molar-refractivity contribution in [1.82, 2.24) is 16.2 Å². The molecule has 4 bridgehead atoms. The minimum atomic E-state index is -0.554. The fraction of sp³-hybridized carbons (Fsp3) is 0.571. The van der Waals surface area contributed by atoms with Crippen LogP contribution in [0, 0.1) is 23.2 Å². The molecule has 0 unspecified atom stereocenters. The summed E-state index contributed by atoms with van der Waals surface area (Å²) < 4.78 is 5.30. The van der Waals surface area contributed by atoms with Crippen LogP contribution in [-0.2, 0) is 14.4 Å². The first-order valence-electron chi connectivity index (χ1n) is 10.3. The van der Waals surface area contributed by atoms with Crippen molar-refractivity contribution in [2.75, 3.05) is 13.2 Å². The van der Waals surface area contributed by atoms with Gasteiger partial charge in [-0.2, -0.15) is 0 Å². The molecule has 7 nitrogen and oxygen atoms in total. The van der Waals surface area contributed by atoms with Gasteiger partial charge >= 0.3 is 0 Å². The number of halogens is 2. The van der Waals surface area contributed by atoms with E-state index in [9.17, 15) is 14.4 Å². The number of amides is 3. The Morgan fingerprint density at radius 3 is 2.17 bits per heavy atom. The summed E-state index contributed by atoms with van der Waals surface area (Å²) in [6.07, 6.45) is 6.57. The fourth-order valence-electron chi connectivity index (χ4n) is 5.69. The lowest BCUT2D eigenvalue weighted by molar-refractivity contribution is -0.147. The van der Waals surface area contributed by atoms with Gasteiger partial charge in [-0.15, -0.1) is 0 Å². The third-order valence-electron chi connectivity index (χ3n) is 6.52. The van der Waals surface area contributed by atoms with Crippen molar-refractivity contribution in [3.8, 4) is 5.75 Å². The predicted molar refractivity (Wildman–Crippen MR) is 112 cm³/mol. The lowest BCUT2D eigenvalue weighted by atomic mass is 9.49. The number of hydrogen-bond acceptors (Lipinski definition) is 4. The van der Waals surface area contributed by atoms with E-state index in [0.717, 1.165) is 19.3 Å². The number of carbonyl (C=O) groups excluding carboxylic acids is 3. The van der Waals surface area contributed by atoms with Crippen molar-refractivity contribution in [3.05, 3.63) is 28.2 Å². The second-order valence-corrected chi connectivity index (χ2v) is 9.68. The maximum Gasteiger partial charge on any atom is 0.276 e. The van der Waals surface area contributed by atoms with Crippen LogP contribution in [0.3, 0.4) is 0 Å². The average molecular weight is 454 g/mol. The largest absolute Gasteiger partial charge is 0.482 e. The Kier molecular flexibility index (Phi) is 6.11. The summed E-state index contributed by atoms with van der Waals surface area (Å²) in [6, 6.07) is 4.65. The highest BCUT2D eigenvalue weighted by Crippen LogP contribution is 2.60. The van der Waals surface area contributed by atoms with Gasteiger partial charge in [0.25, 0.3) is 11.8 Å². The minimum Gasteiger partial charge on any atom is -0.482 e. The van der Waals surface area contributed by atoms with Crippen molar-refractivity contribution in [2.24, 2.45) is 23.2 Å². The normalized spacial score (nSPS) is 28.7. The zero-order chi connectivity index (χ0) is 21.3. The van der Waals surface area contributed by atoms with E-state index >= 15 is 0 Å². The van der Waals surface area contributed by atoms with Crippen molar-refractivity contribution in [2.45, 2.75) is 38.5 Å². The third kappa shape index (κ3) is 4.67. The van der Waals surface area contributed by atoms with Gasteiger partial charge in [0.2, 0.25) is 5.91 Å². The third-order valence-corrected chi connectivity index (χ3v) is 7.05. The van der Waals surface area contributed by atoms with E-state index in [1.165, 1.54) is 25.3 Å². The first kappa shape index (κ1) is 21.2.